The molecular weight excluding hydrogens is 328 g/mol. The molecule has 4 nitrogen and oxygen atoms in total. The molecule has 0 radical (unpaired) electrons. The fourth-order valence-electron chi connectivity index (χ4n) is 2.16. The fourth-order valence-corrected chi connectivity index (χ4v) is 2.50. The first kappa shape index (κ1) is 13.9. The smallest absolute Gasteiger partial charge is 0.161 e. The second-order valence-corrected chi connectivity index (χ2v) is 5.63. The zero-order valence-corrected chi connectivity index (χ0v) is 13.5. The summed E-state index contributed by atoms with van der Waals surface area (Å²) in [6, 6.07) is 10.2. The minimum absolute atomic E-state index is 0.705. The molecule has 0 saturated carbocycles. The second-order valence-electron chi connectivity index (χ2n) is 4.78. The van der Waals surface area contributed by atoms with Crippen molar-refractivity contribution >= 4 is 32.7 Å². The number of aryl methyl sites for hydroxylation is 1. The van der Waals surface area contributed by atoms with Gasteiger partial charge in [-0.05, 0) is 54.0 Å². The summed E-state index contributed by atoms with van der Waals surface area (Å²) in [5, 5.41) is 4.31. The van der Waals surface area contributed by atoms with Crippen molar-refractivity contribution in [1.82, 2.24) is 15.0 Å². The van der Waals surface area contributed by atoms with Crippen LogP contribution in [0.2, 0.25) is 0 Å². The zero-order chi connectivity index (χ0) is 14.8. The lowest BCUT2D eigenvalue weighted by Gasteiger charge is -2.08. The molecule has 3 aromatic rings. The number of hydrogen-bond donors (Lipinski definition) is 1. The Morgan fingerprint density at radius 3 is 2.81 bits per heavy atom. The molecule has 0 aliphatic rings. The van der Waals surface area contributed by atoms with E-state index >= 15 is 0 Å². The monoisotopic (exact) mass is 342 g/mol. The van der Waals surface area contributed by atoms with Crippen LogP contribution in [0.1, 0.15) is 12.6 Å². The Morgan fingerprint density at radius 2 is 2.00 bits per heavy atom. The van der Waals surface area contributed by atoms with E-state index in [1.165, 1.54) is 0 Å². The molecule has 0 amide bonds. The molecule has 1 aromatic carbocycles. The number of nitrogens with zero attached hydrogens (tertiary/aromatic N) is 3. The lowest BCUT2D eigenvalue weighted by Crippen LogP contribution is -2.02. The number of aromatic nitrogens is 3. The van der Waals surface area contributed by atoms with E-state index in [1.54, 1.807) is 6.20 Å². The van der Waals surface area contributed by atoms with Gasteiger partial charge in [0.15, 0.2) is 5.82 Å². The van der Waals surface area contributed by atoms with Gasteiger partial charge in [0.05, 0.1) is 9.99 Å². The first-order valence-corrected chi connectivity index (χ1v) is 7.61. The van der Waals surface area contributed by atoms with Gasteiger partial charge in [-0.3, -0.25) is 4.98 Å². The fraction of sp³-hybridized carbons (Fsp3) is 0.188. The molecule has 0 fully saturated rings. The maximum Gasteiger partial charge on any atom is 0.161 e. The van der Waals surface area contributed by atoms with Crippen molar-refractivity contribution < 1.29 is 0 Å². The van der Waals surface area contributed by atoms with Crippen molar-refractivity contribution in [3.05, 3.63) is 46.7 Å². The molecule has 0 spiro atoms. The maximum atomic E-state index is 4.57. The van der Waals surface area contributed by atoms with Crippen LogP contribution < -0.4 is 5.32 Å². The van der Waals surface area contributed by atoms with Crippen molar-refractivity contribution in [1.29, 1.82) is 0 Å². The highest BCUT2D eigenvalue weighted by Gasteiger charge is 2.07. The standard InChI is InChI=1S/C16H15BrN4/c1-3-18-16-13(17)9-19-15(21-16)12-6-7-14-11(8-12)5-4-10(2)20-14/h4-9H,3H2,1-2H3,(H,18,19,21). The van der Waals surface area contributed by atoms with Crippen LogP contribution >= 0.6 is 15.9 Å². The number of fused-ring (bicyclic) bond motifs is 1. The molecular formula is C16H15BrN4. The van der Waals surface area contributed by atoms with Crippen molar-refractivity contribution in [3.8, 4) is 11.4 Å². The quantitative estimate of drug-likeness (QED) is 0.775. The number of rotatable bonds is 3. The summed E-state index contributed by atoms with van der Waals surface area (Å²) < 4.78 is 0.867. The molecule has 0 atom stereocenters. The third-order valence-corrected chi connectivity index (χ3v) is 3.76. The minimum atomic E-state index is 0.705. The normalized spacial score (nSPS) is 10.8. The molecule has 2 aromatic heterocycles. The highest BCUT2D eigenvalue weighted by atomic mass is 79.9. The van der Waals surface area contributed by atoms with Crippen molar-refractivity contribution in [2.24, 2.45) is 0 Å². The van der Waals surface area contributed by atoms with Crippen LogP contribution in [0.3, 0.4) is 0 Å². The van der Waals surface area contributed by atoms with Gasteiger partial charge >= 0.3 is 0 Å². The Balaban J connectivity index is 2.07. The number of pyridine rings is 1. The van der Waals surface area contributed by atoms with E-state index in [9.17, 15) is 0 Å². The lowest BCUT2D eigenvalue weighted by molar-refractivity contribution is 1.10. The van der Waals surface area contributed by atoms with Crippen molar-refractivity contribution in [3.63, 3.8) is 0 Å². The molecule has 0 aliphatic heterocycles. The van der Waals surface area contributed by atoms with E-state index in [-0.39, 0.29) is 0 Å². The number of nitrogens with one attached hydrogen (secondary N) is 1. The summed E-state index contributed by atoms with van der Waals surface area (Å²) in [4.78, 5) is 13.5. The van der Waals surface area contributed by atoms with Crippen molar-refractivity contribution in [2.45, 2.75) is 13.8 Å². The highest BCUT2D eigenvalue weighted by Crippen LogP contribution is 2.25. The topological polar surface area (TPSA) is 50.7 Å². The van der Waals surface area contributed by atoms with Gasteiger partial charge in [-0.2, -0.15) is 0 Å². The average molecular weight is 343 g/mol. The van der Waals surface area contributed by atoms with Crippen LogP contribution in [0.5, 0.6) is 0 Å². The van der Waals surface area contributed by atoms with E-state index < -0.39 is 0 Å². The van der Waals surface area contributed by atoms with Crippen LogP contribution in [-0.4, -0.2) is 21.5 Å². The molecule has 1 N–H and O–H groups in total. The number of anilines is 1. The van der Waals surface area contributed by atoms with E-state index in [4.69, 9.17) is 0 Å². The number of hydrogen-bond acceptors (Lipinski definition) is 4. The molecule has 21 heavy (non-hydrogen) atoms. The predicted octanol–water partition coefficient (Wildman–Crippen LogP) is 4.19. The Bertz CT molecular complexity index is 801. The van der Waals surface area contributed by atoms with Gasteiger partial charge in [-0.1, -0.05) is 6.07 Å². The first-order chi connectivity index (χ1) is 10.2. The van der Waals surface area contributed by atoms with E-state index in [0.29, 0.717) is 5.82 Å². The number of halogens is 1. The van der Waals surface area contributed by atoms with E-state index in [0.717, 1.165) is 39.0 Å². The summed E-state index contributed by atoms with van der Waals surface area (Å²) >= 11 is 3.45. The molecule has 0 bridgehead atoms. The minimum Gasteiger partial charge on any atom is -0.369 e. The summed E-state index contributed by atoms with van der Waals surface area (Å²) in [6.07, 6.45) is 1.78. The first-order valence-electron chi connectivity index (χ1n) is 6.81. The van der Waals surface area contributed by atoms with Gasteiger partial charge in [-0.15, -0.1) is 0 Å². The van der Waals surface area contributed by atoms with Crippen LogP contribution in [0.15, 0.2) is 41.0 Å². The molecule has 5 heteroatoms. The Kier molecular flexibility index (Phi) is 3.84. The van der Waals surface area contributed by atoms with Gasteiger partial charge in [-0.25, -0.2) is 9.97 Å². The Hall–Kier alpha value is -2.01. The summed E-state index contributed by atoms with van der Waals surface area (Å²) in [5.41, 5.74) is 2.99. The lowest BCUT2D eigenvalue weighted by atomic mass is 10.1. The van der Waals surface area contributed by atoms with Crippen LogP contribution in [0.4, 0.5) is 5.82 Å². The van der Waals surface area contributed by atoms with Crippen LogP contribution in [0.25, 0.3) is 22.3 Å². The summed E-state index contributed by atoms with van der Waals surface area (Å²) in [6.45, 7) is 4.85. The molecule has 106 valence electrons. The van der Waals surface area contributed by atoms with Crippen LogP contribution in [-0.2, 0) is 0 Å². The number of benzene rings is 1. The Morgan fingerprint density at radius 1 is 1.14 bits per heavy atom. The molecule has 0 aliphatic carbocycles. The highest BCUT2D eigenvalue weighted by molar-refractivity contribution is 9.10. The second kappa shape index (κ2) is 5.77. The largest absolute Gasteiger partial charge is 0.369 e. The van der Waals surface area contributed by atoms with Gasteiger partial charge < -0.3 is 5.32 Å². The van der Waals surface area contributed by atoms with E-state index in [2.05, 4.69) is 48.3 Å². The Labute approximate surface area is 131 Å². The van der Waals surface area contributed by atoms with E-state index in [1.807, 2.05) is 32.0 Å². The molecule has 0 saturated heterocycles. The third-order valence-electron chi connectivity index (χ3n) is 3.17. The molecule has 2 heterocycles. The third kappa shape index (κ3) is 2.88. The van der Waals surface area contributed by atoms with Crippen molar-refractivity contribution in [2.75, 3.05) is 11.9 Å². The van der Waals surface area contributed by atoms with Gasteiger partial charge in [0.25, 0.3) is 0 Å². The average Bonchev–Trinajstić information content (AvgIpc) is 2.49. The maximum absolute atomic E-state index is 4.57. The SMILES string of the molecule is CCNc1nc(-c2ccc3nc(C)ccc3c2)ncc1Br. The molecule has 0 unspecified atom stereocenters. The van der Waals surface area contributed by atoms with Crippen LogP contribution in [0, 0.1) is 6.92 Å². The molecule has 3 rings (SSSR count). The van der Waals surface area contributed by atoms with Gasteiger partial charge in [0, 0.05) is 29.4 Å². The van der Waals surface area contributed by atoms with Gasteiger partial charge in [0.2, 0.25) is 0 Å². The summed E-state index contributed by atoms with van der Waals surface area (Å²) in [7, 11) is 0. The summed E-state index contributed by atoms with van der Waals surface area (Å²) in [5.74, 6) is 1.52. The predicted molar refractivity (Wildman–Crippen MR) is 89.4 cm³/mol. The zero-order valence-electron chi connectivity index (χ0n) is 11.9. The van der Waals surface area contributed by atoms with Gasteiger partial charge in [0.1, 0.15) is 5.82 Å².